The molecular formula is C16H19N3O5S. The topological polar surface area (TPSA) is 120 Å². The van der Waals surface area contributed by atoms with Gasteiger partial charge in [-0.1, -0.05) is 12.1 Å². The molecule has 0 aliphatic carbocycles. The fraction of sp³-hybridized carbons (Fsp3) is 0.188. The Morgan fingerprint density at radius 2 is 1.80 bits per heavy atom. The molecule has 0 aliphatic heterocycles. The van der Waals surface area contributed by atoms with Gasteiger partial charge >= 0.3 is 6.03 Å². The molecule has 0 bridgehead atoms. The summed E-state index contributed by atoms with van der Waals surface area (Å²) in [6.07, 6.45) is 0. The molecule has 9 heteroatoms. The summed E-state index contributed by atoms with van der Waals surface area (Å²) < 4.78 is 33.0. The van der Waals surface area contributed by atoms with Crippen molar-refractivity contribution in [2.45, 2.75) is 11.4 Å². The van der Waals surface area contributed by atoms with E-state index in [4.69, 9.17) is 14.6 Å². The van der Waals surface area contributed by atoms with E-state index in [0.29, 0.717) is 17.2 Å². The number of methoxy groups -OCH3 is 2. The predicted octanol–water partition coefficient (Wildman–Crippen LogP) is 1.67. The highest BCUT2D eigenvalue weighted by Gasteiger charge is 2.10. The lowest BCUT2D eigenvalue weighted by Crippen LogP contribution is -2.28. The Labute approximate surface area is 146 Å². The van der Waals surface area contributed by atoms with Crippen molar-refractivity contribution < 1.29 is 22.7 Å². The van der Waals surface area contributed by atoms with Crippen LogP contribution in [0.25, 0.3) is 0 Å². The highest BCUT2D eigenvalue weighted by molar-refractivity contribution is 7.89. The van der Waals surface area contributed by atoms with E-state index >= 15 is 0 Å². The predicted molar refractivity (Wildman–Crippen MR) is 93.2 cm³/mol. The summed E-state index contributed by atoms with van der Waals surface area (Å²) in [6.45, 7) is 0.251. The third kappa shape index (κ3) is 5.10. The Hall–Kier alpha value is -2.78. The molecule has 0 unspecified atom stereocenters. The van der Waals surface area contributed by atoms with Gasteiger partial charge in [0.1, 0.15) is 0 Å². The van der Waals surface area contributed by atoms with Gasteiger partial charge in [0.05, 0.1) is 19.1 Å². The SMILES string of the molecule is COc1ccc(CNC(=O)Nc2cccc(S(N)(=O)=O)c2)cc1OC. The van der Waals surface area contributed by atoms with Gasteiger partial charge in [-0.15, -0.1) is 0 Å². The molecule has 2 aromatic carbocycles. The summed E-state index contributed by atoms with van der Waals surface area (Å²) in [7, 11) is -0.760. The van der Waals surface area contributed by atoms with Crippen LogP contribution in [-0.4, -0.2) is 28.7 Å². The highest BCUT2D eigenvalue weighted by Crippen LogP contribution is 2.27. The van der Waals surface area contributed by atoms with Crippen LogP contribution in [-0.2, 0) is 16.6 Å². The van der Waals surface area contributed by atoms with Gasteiger partial charge in [0, 0.05) is 12.2 Å². The van der Waals surface area contributed by atoms with E-state index in [1.165, 1.54) is 25.3 Å². The number of hydrogen-bond donors (Lipinski definition) is 3. The average molecular weight is 365 g/mol. The van der Waals surface area contributed by atoms with Crippen molar-refractivity contribution >= 4 is 21.7 Å². The number of nitrogens with two attached hydrogens (primary N) is 1. The normalized spacial score (nSPS) is 10.8. The molecule has 8 nitrogen and oxygen atoms in total. The van der Waals surface area contributed by atoms with E-state index in [9.17, 15) is 13.2 Å². The van der Waals surface area contributed by atoms with Crippen molar-refractivity contribution in [2.24, 2.45) is 5.14 Å². The van der Waals surface area contributed by atoms with Gasteiger partial charge in [0.15, 0.2) is 11.5 Å². The number of rotatable bonds is 6. The second-order valence-electron chi connectivity index (χ2n) is 5.07. The molecule has 0 fully saturated rings. The number of carbonyl (C=O) groups is 1. The molecule has 0 radical (unpaired) electrons. The second kappa shape index (κ2) is 7.86. The summed E-state index contributed by atoms with van der Waals surface area (Å²) in [5.74, 6) is 1.15. The molecule has 0 saturated heterocycles. The molecule has 0 heterocycles. The van der Waals surface area contributed by atoms with Crippen LogP contribution in [0.5, 0.6) is 11.5 Å². The summed E-state index contributed by atoms with van der Waals surface area (Å²) in [5, 5.41) is 10.3. The third-order valence-electron chi connectivity index (χ3n) is 3.32. The maximum atomic E-state index is 12.0. The third-order valence-corrected chi connectivity index (χ3v) is 4.23. The number of primary sulfonamides is 1. The summed E-state index contributed by atoms with van der Waals surface area (Å²) in [4.78, 5) is 11.9. The van der Waals surface area contributed by atoms with Crippen molar-refractivity contribution in [1.29, 1.82) is 0 Å². The summed E-state index contributed by atoms with van der Waals surface area (Å²) in [5.41, 5.74) is 1.13. The molecule has 25 heavy (non-hydrogen) atoms. The van der Waals surface area contributed by atoms with E-state index in [0.717, 1.165) is 5.56 Å². The summed E-state index contributed by atoms with van der Waals surface area (Å²) >= 11 is 0. The molecule has 0 aromatic heterocycles. The quantitative estimate of drug-likeness (QED) is 0.719. The number of benzene rings is 2. The lowest BCUT2D eigenvalue weighted by atomic mass is 10.2. The van der Waals surface area contributed by atoms with Gasteiger partial charge in [0.25, 0.3) is 0 Å². The number of nitrogens with one attached hydrogen (secondary N) is 2. The van der Waals surface area contributed by atoms with Crippen molar-refractivity contribution in [2.75, 3.05) is 19.5 Å². The van der Waals surface area contributed by atoms with Crippen molar-refractivity contribution in [3.05, 3.63) is 48.0 Å². The van der Waals surface area contributed by atoms with Crippen molar-refractivity contribution in [1.82, 2.24) is 5.32 Å². The van der Waals surface area contributed by atoms with Crippen LogP contribution in [0.15, 0.2) is 47.4 Å². The standard InChI is InChI=1S/C16H19N3O5S/c1-23-14-7-6-11(8-15(14)24-2)10-18-16(20)19-12-4-3-5-13(9-12)25(17,21)22/h3-9H,10H2,1-2H3,(H2,17,21,22)(H2,18,19,20). The van der Waals surface area contributed by atoms with Gasteiger partial charge in [-0.05, 0) is 35.9 Å². The van der Waals surface area contributed by atoms with Crippen molar-refractivity contribution in [3.63, 3.8) is 0 Å². The number of sulfonamides is 1. The smallest absolute Gasteiger partial charge is 0.319 e. The van der Waals surface area contributed by atoms with E-state index in [2.05, 4.69) is 10.6 Å². The zero-order valence-corrected chi connectivity index (χ0v) is 14.6. The number of carbonyl (C=O) groups excluding carboxylic acids is 1. The minimum absolute atomic E-state index is 0.0785. The van der Waals surface area contributed by atoms with E-state index in [1.807, 2.05) is 0 Å². The van der Waals surface area contributed by atoms with Crippen LogP contribution in [0.4, 0.5) is 10.5 Å². The Kier molecular flexibility index (Phi) is 5.84. The molecule has 4 N–H and O–H groups in total. The molecule has 0 saturated carbocycles. The molecule has 2 amide bonds. The maximum Gasteiger partial charge on any atom is 0.319 e. The molecule has 0 spiro atoms. The van der Waals surface area contributed by atoms with Gasteiger partial charge in [-0.25, -0.2) is 18.4 Å². The zero-order chi connectivity index (χ0) is 18.4. The number of hydrogen-bond acceptors (Lipinski definition) is 5. The number of ether oxygens (including phenoxy) is 2. The number of anilines is 1. The second-order valence-corrected chi connectivity index (χ2v) is 6.63. The fourth-order valence-electron chi connectivity index (χ4n) is 2.10. The monoisotopic (exact) mass is 365 g/mol. The molecule has 2 rings (SSSR count). The molecule has 0 aliphatic rings. The Bertz CT molecular complexity index is 868. The lowest BCUT2D eigenvalue weighted by Gasteiger charge is -2.11. The maximum absolute atomic E-state index is 12.0. The first-order valence-electron chi connectivity index (χ1n) is 7.22. The minimum atomic E-state index is -3.83. The highest BCUT2D eigenvalue weighted by atomic mass is 32.2. The average Bonchev–Trinajstić information content (AvgIpc) is 2.59. The summed E-state index contributed by atoms with van der Waals surface area (Å²) in [6, 6.07) is 10.5. The van der Waals surface area contributed by atoms with Crippen LogP contribution in [0.3, 0.4) is 0 Å². The molecule has 0 atom stereocenters. The largest absolute Gasteiger partial charge is 0.493 e. The van der Waals surface area contributed by atoms with Crippen molar-refractivity contribution in [3.8, 4) is 11.5 Å². The molecular weight excluding hydrogens is 346 g/mol. The lowest BCUT2D eigenvalue weighted by molar-refractivity contribution is 0.251. The van der Waals surface area contributed by atoms with E-state index in [1.54, 1.807) is 31.4 Å². The van der Waals surface area contributed by atoms with Crippen LogP contribution in [0.1, 0.15) is 5.56 Å². The van der Waals surface area contributed by atoms with E-state index < -0.39 is 16.1 Å². The van der Waals surface area contributed by atoms with Gasteiger partial charge < -0.3 is 20.1 Å². The number of amides is 2. The first-order valence-corrected chi connectivity index (χ1v) is 8.76. The minimum Gasteiger partial charge on any atom is -0.493 e. The van der Waals surface area contributed by atoms with Gasteiger partial charge in [-0.2, -0.15) is 0 Å². The van der Waals surface area contributed by atoms with Crippen LogP contribution < -0.4 is 25.2 Å². The van der Waals surface area contributed by atoms with E-state index in [-0.39, 0.29) is 11.4 Å². The zero-order valence-electron chi connectivity index (χ0n) is 13.8. The Morgan fingerprint density at radius 3 is 2.44 bits per heavy atom. The Morgan fingerprint density at radius 1 is 1.08 bits per heavy atom. The van der Waals surface area contributed by atoms with Gasteiger partial charge in [-0.3, -0.25) is 0 Å². The van der Waals surface area contributed by atoms with Gasteiger partial charge in [0.2, 0.25) is 10.0 Å². The fourth-order valence-corrected chi connectivity index (χ4v) is 2.66. The van der Waals surface area contributed by atoms with Crippen LogP contribution in [0.2, 0.25) is 0 Å². The first kappa shape index (κ1) is 18.6. The van der Waals surface area contributed by atoms with Crippen LogP contribution in [0, 0.1) is 0 Å². The number of urea groups is 1. The van der Waals surface area contributed by atoms with Crippen LogP contribution >= 0.6 is 0 Å². The molecule has 2 aromatic rings. The molecule has 134 valence electrons. The Balaban J connectivity index is 1.99. The first-order chi connectivity index (χ1) is 11.8.